The summed E-state index contributed by atoms with van der Waals surface area (Å²) in [6.45, 7) is 2.68. The Morgan fingerprint density at radius 1 is 1.41 bits per heavy atom. The van der Waals surface area contributed by atoms with Crippen LogP contribution in [-0.4, -0.2) is 37.5 Å². The summed E-state index contributed by atoms with van der Waals surface area (Å²) < 4.78 is 5.24. The Labute approximate surface area is 102 Å². The van der Waals surface area contributed by atoms with E-state index < -0.39 is 0 Å². The molecule has 0 N–H and O–H groups in total. The first-order valence-corrected chi connectivity index (χ1v) is 6.08. The van der Waals surface area contributed by atoms with Crippen LogP contribution < -0.4 is 0 Å². The quantitative estimate of drug-likeness (QED) is 0.775. The number of likely N-dealkylation sites (N-methyl/N-ethyl adjacent to an activating group) is 1. The van der Waals surface area contributed by atoms with E-state index in [1.807, 2.05) is 25.2 Å². The number of benzene rings is 1. The van der Waals surface area contributed by atoms with Gasteiger partial charge in [-0.25, -0.2) is 0 Å². The number of ketones is 1. The molecule has 1 unspecified atom stereocenters. The molecule has 0 bridgehead atoms. The summed E-state index contributed by atoms with van der Waals surface area (Å²) in [5.41, 5.74) is 1.24. The van der Waals surface area contributed by atoms with Crippen LogP contribution >= 0.6 is 0 Å². The molecule has 0 spiro atoms. The number of hydrogen-bond acceptors (Lipinski definition) is 3. The normalized spacial score (nSPS) is 19.8. The van der Waals surface area contributed by atoms with E-state index in [2.05, 4.69) is 17.0 Å². The second-order valence-electron chi connectivity index (χ2n) is 4.68. The Morgan fingerprint density at radius 2 is 2.18 bits per heavy atom. The second-order valence-corrected chi connectivity index (χ2v) is 4.68. The predicted molar refractivity (Wildman–Crippen MR) is 66.7 cm³/mol. The molecular formula is C14H19NO2. The molecule has 1 aliphatic rings. The van der Waals surface area contributed by atoms with E-state index in [1.54, 1.807) is 0 Å². The van der Waals surface area contributed by atoms with E-state index in [-0.39, 0.29) is 5.92 Å². The summed E-state index contributed by atoms with van der Waals surface area (Å²) in [6, 6.07) is 10.2. The molecule has 1 saturated heterocycles. The fourth-order valence-corrected chi connectivity index (χ4v) is 2.13. The minimum absolute atomic E-state index is 0.119. The number of Topliss-reactive ketones (excluding diaryl/α,β-unsaturated/α-hetero) is 1. The highest BCUT2D eigenvalue weighted by molar-refractivity contribution is 5.83. The number of rotatable bonds is 5. The molecule has 0 saturated carbocycles. The minimum atomic E-state index is 0.119. The lowest BCUT2D eigenvalue weighted by Crippen LogP contribution is -2.30. The van der Waals surface area contributed by atoms with Gasteiger partial charge in [-0.05, 0) is 19.0 Å². The third-order valence-corrected chi connectivity index (χ3v) is 3.11. The van der Waals surface area contributed by atoms with Gasteiger partial charge >= 0.3 is 0 Å². The molecule has 17 heavy (non-hydrogen) atoms. The SMILES string of the molecule is CN(CC(=O)C1CCOC1)Cc1ccccc1. The van der Waals surface area contributed by atoms with Crippen molar-refractivity contribution in [3.63, 3.8) is 0 Å². The molecule has 3 nitrogen and oxygen atoms in total. The summed E-state index contributed by atoms with van der Waals surface area (Å²) in [7, 11) is 1.99. The first-order valence-electron chi connectivity index (χ1n) is 6.08. The molecule has 92 valence electrons. The summed E-state index contributed by atoms with van der Waals surface area (Å²) in [6.07, 6.45) is 0.887. The second kappa shape index (κ2) is 5.94. The van der Waals surface area contributed by atoms with E-state index in [4.69, 9.17) is 4.74 Å². The Hall–Kier alpha value is -1.19. The molecule has 0 amide bonds. The van der Waals surface area contributed by atoms with Gasteiger partial charge in [0.25, 0.3) is 0 Å². The van der Waals surface area contributed by atoms with Crippen molar-refractivity contribution < 1.29 is 9.53 Å². The van der Waals surface area contributed by atoms with Crippen LogP contribution in [0.4, 0.5) is 0 Å². The topological polar surface area (TPSA) is 29.5 Å². The Bertz CT molecular complexity index is 358. The van der Waals surface area contributed by atoms with Crippen LogP contribution in [0, 0.1) is 5.92 Å². The number of nitrogens with zero attached hydrogens (tertiary/aromatic N) is 1. The Morgan fingerprint density at radius 3 is 2.82 bits per heavy atom. The highest BCUT2D eigenvalue weighted by Gasteiger charge is 2.23. The number of carbonyl (C=O) groups excluding carboxylic acids is 1. The molecule has 3 heteroatoms. The highest BCUT2D eigenvalue weighted by atomic mass is 16.5. The fourth-order valence-electron chi connectivity index (χ4n) is 2.13. The van der Waals surface area contributed by atoms with Gasteiger partial charge in [0, 0.05) is 19.1 Å². The lowest BCUT2D eigenvalue weighted by atomic mass is 10.0. The zero-order chi connectivity index (χ0) is 12.1. The summed E-state index contributed by atoms with van der Waals surface area (Å²) in [4.78, 5) is 14.0. The van der Waals surface area contributed by atoms with Gasteiger partial charge in [0.05, 0.1) is 13.2 Å². The van der Waals surface area contributed by atoms with Crippen LogP contribution in [0.5, 0.6) is 0 Å². The van der Waals surface area contributed by atoms with Crippen molar-refractivity contribution in [2.75, 3.05) is 26.8 Å². The molecule has 1 aromatic carbocycles. The van der Waals surface area contributed by atoms with E-state index in [0.717, 1.165) is 19.6 Å². The smallest absolute Gasteiger partial charge is 0.152 e. The zero-order valence-corrected chi connectivity index (χ0v) is 10.3. The third-order valence-electron chi connectivity index (χ3n) is 3.11. The van der Waals surface area contributed by atoms with Crippen LogP contribution in [0.2, 0.25) is 0 Å². The average Bonchev–Trinajstić information content (AvgIpc) is 2.83. The highest BCUT2D eigenvalue weighted by Crippen LogP contribution is 2.14. The average molecular weight is 233 g/mol. The largest absolute Gasteiger partial charge is 0.381 e. The molecule has 0 aromatic heterocycles. The summed E-state index contributed by atoms with van der Waals surface area (Å²) in [5, 5.41) is 0. The van der Waals surface area contributed by atoms with Crippen molar-refractivity contribution in [1.29, 1.82) is 0 Å². The van der Waals surface area contributed by atoms with Crippen molar-refractivity contribution in [1.82, 2.24) is 4.90 Å². The number of carbonyl (C=O) groups is 1. The summed E-state index contributed by atoms with van der Waals surface area (Å²) in [5.74, 6) is 0.425. The van der Waals surface area contributed by atoms with E-state index in [0.29, 0.717) is 18.9 Å². The van der Waals surface area contributed by atoms with Crippen molar-refractivity contribution >= 4 is 5.78 Å². The molecular weight excluding hydrogens is 214 g/mol. The molecule has 1 aliphatic heterocycles. The minimum Gasteiger partial charge on any atom is -0.381 e. The summed E-state index contributed by atoms with van der Waals surface area (Å²) >= 11 is 0. The maximum absolute atomic E-state index is 11.9. The van der Waals surface area contributed by atoms with E-state index >= 15 is 0 Å². The molecule has 1 heterocycles. The molecule has 1 fully saturated rings. The first-order chi connectivity index (χ1) is 8.25. The van der Waals surface area contributed by atoms with Gasteiger partial charge in [0.2, 0.25) is 0 Å². The first kappa shape index (κ1) is 12.3. The predicted octanol–water partition coefficient (Wildman–Crippen LogP) is 1.72. The van der Waals surface area contributed by atoms with Gasteiger partial charge in [-0.2, -0.15) is 0 Å². The van der Waals surface area contributed by atoms with Crippen LogP contribution in [0.25, 0.3) is 0 Å². The van der Waals surface area contributed by atoms with Crippen LogP contribution in [0.3, 0.4) is 0 Å². The fraction of sp³-hybridized carbons (Fsp3) is 0.500. The lowest BCUT2D eigenvalue weighted by Gasteiger charge is -2.17. The zero-order valence-electron chi connectivity index (χ0n) is 10.3. The van der Waals surface area contributed by atoms with Gasteiger partial charge < -0.3 is 4.74 Å². The van der Waals surface area contributed by atoms with Crippen LogP contribution in [0.15, 0.2) is 30.3 Å². The molecule has 1 atom stereocenters. The van der Waals surface area contributed by atoms with E-state index in [9.17, 15) is 4.79 Å². The van der Waals surface area contributed by atoms with Crippen molar-refractivity contribution in [2.24, 2.45) is 5.92 Å². The maximum Gasteiger partial charge on any atom is 0.152 e. The molecule has 2 rings (SSSR count). The Balaban J connectivity index is 1.80. The molecule has 0 radical (unpaired) electrons. The van der Waals surface area contributed by atoms with Crippen LogP contribution in [-0.2, 0) is 16.1 Å². The molecule has 1 aromatic rings. The number of hydrogen-bond donors (Lipinski definition) is 0. The van der Waals surface area contributed by atoms with E-state index in [1.165, 1.54) is 5.56 Å². The van der Waals surface area contributed by atoms with Gasteiger partial charge in [-0.15, -0.1) is 0 Å². The van der Waals surface area contributed by atoms with Crippen LogP contribution in [0.1, 0.15) is 12.0 Å². The third kappa shape index (κ3) is 3.65. The van der Waals surface area contributed by atoms with Gasteiger partial charge in [-0.1, -0.05) is 30.3 Å². The van der Waals surface area contributed by atoms with Gasteiger partial charge in [0.15, 0.2) is 5.78 Å². The number of ether oxygens (including phenoxy) is 1. The Kier molecular flexibility index (Phi) is 4.29. The maximum atomic E-state index is 11.9. The van der Waals surface area contributed by atoms with Gasteiger partial charge in [-0.3, -0.25) is 9.69 Å². The molecule has 0 aliphatic carbocycles. The van der Waals surface area contributed by atoms with Crippen molar-refractivity contribution in [2.45, 2.75) is 13.0 Å². The lowest BCUT2D eigenvalue weighted by molar-refractivity contribution is -0.123. The van der Waals surface area contributed by atoms with Crippen molar-refractivity contribution in [3.05, 3.63) is 35.9 Å². The van der Waals surface area contributed by atoms with Crippen molar-refractivity contribution in [3.8, 4) is 0 Å². The van der Waals surface area contributed by atoms with Gasteiger partial charge in [0.1, 0.15) is 0 Å². The standard InChI is InChI=1S/C14H19NO2/c1-15(9-12-5-3-2-4-6-12)10-14(16)13-7-8-17-11-13/h2-6,13H,7-11H2,1H3. The monoisotopic (exact) mass is 233 g/mol.